The van der Waals surface area contributed by atoms with Gasteiger partial charge in [-0.3, -0.25) is 19.2 Å². The van der Waals surface area contributed by atoms with Crippen LogP contribution in [0.3, 0.4) is 0 Å². The lowest BCUT2D eigenvalue weighted by Gasteiger charge is -2.36. The fourth-order valence-corrected chi connectivity index (χ4v) is 18.3. The van der Waals surface area contributed by atoms with E-state index in [9.17, 15) is 36.0 Å². The van der Waals surface area contributed by atoms with Crippen LogP contribution in [0.15, 0.2) is 284 Å². The zero-order valence-electron chi connectivity index (χ0n) is 71.9. The summed E-state index contributed by atoms with van der Waals surface area (Å²) in [6.45, 7) is 6.97. The van der Waals surface area contributed by atoms with Crippen LogP contribution in [-0.4, -0.2) is 92.1 Å². The molecule has 4 amide bonds. The minimum absolute atomic E-state index is 0. The lowest BCUT2D eigenvalue weighted by atomic mass is 9.68. The molecule has 652 valence electrons. The molecule has 12 aromatic rings. The van der Waals surface area contributed by atoms with E-state index >= 15 is 0 Å². The molecule has 125 heavy (non-hydrogen) atoms. The molecule has 4 fully saturated rings. The second kappa shape index (κ2) is 39.4. The first-order chi connectivity index (χ1) is 60.4. The molecule has 5 N–H and O–H groups in total. The lowest BCUT2D eigenvalue weighted by molar-refractivity contribution is -0.123. The van der Waals surface area contributed by atoms with Crippen LogP contribution in [0, 0.1) is 13.8 Å². The second-order valence-electron chi connectivity index (χ2n) is 32.9. The van der Waals surface area contributed by atoms with Gasteiger partial charge in [-0.25, -0.2) is 26.5 Å². The standard InChI is InChI=1S/C28H31NO3S.C26H28N2O3S.C26H27NO3.C24H22N2O4.4H2/c1-33(31,32)20-17-22-13-15-23(16-14-22)24-9-8-12-26(21-24)29-27(30)28(18-6-3-7-19-28)25-10-4-2-5-11-25;1-27-32(30,31)24-15-13-20(14-16-24)21-9-8-12-23(19-21)28-25(29)26(17-6-3-7-18-26)22-10-4-2-5-11-22;1-4-30-23-11-6-19(7-12-23)24-17-21(10-5-18(24)2)27-25(28)26(15-16-26)20-8-13-22(29-3)14-9-20;1-15-3-6-18(12-19(15)16-4-8-22(28-2)25-13-16)26-23(27)24(9-10-24)17-5-7-20-21(11-17)30-14-29-20;;;;/h2,4-5,8-16,21H,3,6-7,17-20H2,1H3,(H,29,30);2,4-5,8-16,19,27H,3,6-7,17-18H2,1H3,(H,28,29);5-14,17H,4,15-16H2,1-3H3,(H,27,28);3-8,11-13H,9-10,14H2,1-2H3,(H,26,27);4*1H. The first kappa shape index (κ1) is 88.6. The molecular weight excluding hydrogens is 1610 g/mol. The molecule has 0 atom stereocenters. The molecule has 0 unspecified atom stereocenters. The number of sulfone groups is 1. The van der Waals surface area contributed by atoms with Gasteiger partial charge in [0, 0.05) is 52.5 Å². The predicted molar refractivity (Wildman–Crippen MR) is 505 cm³/mol. The molecule has 11 aromatic carbocycles. The van der Waals surface area contributed by atoms with Crippen LogP contribution in [0.5, 0.6) is 28.9 Å². The van der Waals surface area contributed by atoms with Gasteiger partial charge in [0.15, 0.2) is 11.5 Å². The molecule has 21 heteroatoms. The molecule has 0 bridgehead atoms. The summed E-state index contributed by atoms with van der Waals surface area (Å²) in [4.78, 5) is 58.0. The number of hydrogen-bond donors (Lipinski definition) is 5. The average molecular weight is 1720 g/mol. The molecule has 0 radical (unpaired) electrons. The van der Waals surface area contributed by atoms with Gasteiger partial charge in [-0.1, -0.05) is 202 Å². The van der Waals surface area contributed by atoms with Crippen molar-refractivity contribution < 1.29 is 65.4 Å². The highest BCUT2D eigenvalue weighted by atomic mass is 32.2. The van der Waals surface area contributed by atoms with E-state index in [-0.39, 0.29) is 46.8 Å². The van der Waals surface area contributed by atoms with Crippen LogP contribution in [-0.2, 0) is 67.1 Å². The number of methoxy groups -OCH3 is 2. The van der Waals surface area contributed by atoms with Crippen molar-refractivity contribution in [1.29, 1.82) is 0 Å². The summed E-state index contributed by atoms with van der Waals surface area (Å²) >= 11 is 0. The Bertz CT molecular complexity index is 6040. The maximum atomic E-state index is 13.6. The quantitative estimate of drug-likeness (QED) is 0.0357. The summed E-state index contributed by atoms with van der Waals surface area (Å²) in [6.07, 6.45) is 16.9. The van der Waals surface area contributed by atoms with Gasteiger partial charge in [-0.15, -0.1) is 0 Å². The molecule has 5 aliphatic rings. The highest BCUT2D eigenvalue weighted by molar-refractivity contribution is 7.90. The summed E-state index contributed by atoms with van der Waals surface area (Å²) in [5, 5.41) is 12.6. The first-order valence-corrected chi connectivity index (χ1v) is 46.4. The van der Waals surface area contributed by atoms with E-state index in [2.05, 4.69) is 74.3 Å². The third-order valence-electron chi connectivity index (χ3n) is 24.7. The van der Waals surface area contributed by atoms with Gasteiger partial charge in [0.1, 0.15) is 21.3 Å². The van der Waals surface area contributed by atoms with Crippen LogP contribution in [0.25, 0.3) is 44.5 Å². The molecule has 1 aromatic heterocycles. The van der Waals surface area contributed by atoms with Crippen molar-refractivity contribution in [1.82, 2.24) is 9.71 Å². The van der Waals surface area contributed by atoms with Gasteiger partial charge in [0.2, 0.25) is 46.3 Å². The van der Waals surface area contributed by atoms with Crippen molar-refractivity contribution in [3.63, 3.8) is 0 Å². The Labute approximate surface area is 740 Å². The summed E-state index contributed by atoms with van der Waals surface area (Å²) in [6, 6.07) is 88.0. The maximum Gasteiger partial charge on any atom is 0.240 e. The van der Waals surface area contributed by atoms with Gasteiger partial charge in [0.25, 0.3) is 0 Å². The number of carbonyl (C=O) groups is 4. The summed E-state index contributed by atoms with van der Waals surface area (Å²) < 4.78 is 75.9. The monoisotopic (exact) mass is 1720 g/mol. The van der Waals surface area contributed by atoms with Gasteiger partial charge in [-0.2, -0.15) is 0 Å². The van der Waals surface area contributed by atoms with Gasteiger partial charge >= 0.3 is 0 Å². The van der Waals surface area contributed by atoms with Crippen LogP contribution >= 0.6 is 0 Å². The normalized spacial score (nSPS) is 15.3. The van der Waals surface area contributed by atoms with E-state index in [4.69, 9.17) is 23.7 Å². The SMILES string of the molecule is CCOc1ccc(-c2cc(NC(=O)C3(c4ccc(OC)cc4)CC3)ccc2C)cc1.CNS(=O)(=O)c1ccc(-c2cccc(NC(=O)C3(c4ccccc4)CCCCC3)c2)cc1.COc1ccc(-c2cc(NC(=O)C3(c4ccc5c(c4)OCO5)CC3)ccc2C)cn1.CS(=O)(=O)CCc1ccc(-c2cccc(NC(=O)C3(c4ccccc4)CCCCC3)c2)cc1.[HH].[HH].[HH].[HH]. The molecule has 4 aliphatic carbocycles. The maximum absolute atomic E-state index is 13.6. The number of ether oxygens (including phenoxy) is 5. The molecule has 17 rings (SSSR count). The molecule has 19 nitrogen and oxygen atoms in total. The second-order valence-corrected chi connectivity index (χ2v) is 37.0. The zero-order valence-corrected chi connectivity index (χ0v) is 73.5. The van der Waals surface area contributed by atoms with Crippen molar-refractivity contribution in [2.45, 2.75) is 144 Å². The Morgan fingerprint density at radius 1 is 0.408 bits per heavy atom. The number of nitrogens with zero attached hydrogens (tertiary/aromatic N) is 1. The van der Waals surface area contributed by atoms with Crippen molar-refractivity contribution in [3.05, 3.63) is 318 Å². The summed E-state index contributed by atoms with van der Waals surface area (Å²) in [7, 11) is -1.82. The number of carbonyl (C=O) groups excluding carboxylic acids is 4. The number of hydrogen-bond acceptors (Lipinski definition) is 14. The van der Waals surface area contributed by atoms with Crippen LogP contribution in [0.1, 0.15) is 141 Å². The predicted octanol–water partition coefficient (Wildman–Crippen LogP) is 22.1. The Balaban J connectivity index is 0.000000177. The largest absolute Gasteiger partial charge is 0.497 e. The lowest BCUT2D eigenvalue weighted by Crippen LogP contribution is -2.42. The number of amides is 4. The third-order valence-corrected chi connectivity index (χ3v) is 27.0. The van der Waals surface area contributed by atoms with E-state index in [1.165, 1.54) is 19.7 Å². The molecule has 0 spiro atoms. The number of benzene rings is 11. The van der Waals surface area contributed by atoms with Crippen LogP contribution in [0.4, 0.5) is 22.7 Å². The minimum Gasteiger partial charge on any atom is -0.497 e. The Kier molecular flexibility index (Phi) is 28.0. The molecule has 2 heterocycles. The van der Waals surface area contributed by atoms with E-state index in [0.717, 1.165) is 207 Å². The molecular formula is C104H116N6O13S2. The summed E-state index contributed by atoms with van der Waals surface area (Å²) in [5.74, 6) is 3.97. The fourth-order valence-electron chi connectivity index (χ4n) is 17.0. The highest BCUT2D eigenvalue weighted by Gasteiger charge is 2.53. The van der Waals surface area contributed by atoms with E-state index in [1.807, 2.05) is 226 Å². The number of fused-ring (bicyclic) bond motifs is 1. The molecule has 4 saturated carbocycles. The van der Waals surface area contributed by atoms with Crippen LogP contribution < -0.4 is 49.7 Å². The zero-order chi connectivity index (χ0) is 87.8. The number of pyridine rings is 1. The van der Waals surface area contributed by atoms with Gasteiger partial charge in [0.05, 0.1) is 53.1 Å². The smallest absolute Gasteiger partial charge is 0.240 e. The van der Waals surface area contributed by atoms with E-state index in [1.54, 1.807) is 44.7 Å². The third kappa shape index (κ3) is 21.2. The number of aryl methyl sites for hydroxylation is 3. The molecule has 1 aliphatic heterocycles. The fraction of sp³-hybridized carbons (Fsp3) is 0.279. The van der Waals surface area contributed by atoms with Gasteiger partial charge in [-0.05, 0) is 267 Å². The van der Waals surface area contributed by atoms with E-state index in [0.29, 0.717) is 24.7 Å². The number of anilines is 4. The van der Waals surface area contributed by atoms with Crippen molar-refractivity contribution >= 4 is 66.2 Å². The Hall–Kier alpha value is -12.7. The van der Waals surface area contributed by atoms with Crippen molar-refractivity contribution in [2.24, 2.45) is 0 Å². The van der Waals surface area contributed by atoms with E-state index < -0.39 is 41.5 Å². The number of sulfonamides is 1. The van der Waals surface area contributed by atoms with Crippen LogP contribution in [0.2, 0.25) is 0 Å². The highest BCUT2D eigenvalue weighted by Crippen LogP contribution is 2.53. The van der Waals surface area contributed by atoms with Gasteiger partial charge < -0.3 is 45.0 Å². The van der Waals surface area contributed by atoms with Crippen molar-refractivity contribution in [3.8, 4) is 73.4 Å². The number of aromatic nitrogens is 1. The minimum atomic E-state index is -3.47. The Morgan fingerprint density at radius 3 is 1.30 bits per heavy atom. The first-order valence-electron chi connectivity index (χ1n) is 42.8. The number of rotatable bonds is 25. The number of nitrogens with one attached hydrogen (secondary N) is 5. The topological polar surface area (TPSA) is 256 Å². The molecule has 0 saturated heterocycles. The summed E-state index contributed by atoms with van der Waals surface area (Å²) in [5.41, 5.74) is 16.7. The van der Waals surface area contributed by atoms with Crippen molar-refractivity contribution in [2.75, 3.05) is 67.9 Å². The average Bonchev–Trinajstić information content (AvgIpc) is 1.61. The Morgan fingerprint density at radius 2 is 0.840 bits per heavy atom.